The van der Waals surface area contributed by atoms with Crippen LogP contribution >= 0.6 is 0 Å². The molecule has 2 heteroatoms. The molecule has 18 valence electrons. The van der Waals surface area contributed by atoms with Gasteiger partial charge in [-0.3, -0.25) is 0 Å². The summed E-state index contributed by atoms with van der Waals surface area (Å²) < 4.78 is 10.2. The fourth-order valence-corrected chi connectivity index (χ4v) is 0. The van der Waals surface area contributed by atoms with Gasteiger partial charge in [-0.2, -0.15) is 0 Å². The molecule has 0 aromatic rings. The molecule has 0 bridgehead atoms. The Balaban J connectivity index is 2.83. The summed E-state index contributed by atoms with van der Waals surface area (Å²) in [4.78, 5) is 0. The molecule has 0 saturated heterocycles. The quantitative estimate of drug-likeness (QED) is 0.270. The molecule has 0 N–H and O–H groups in total. The average molecular weight is 53.8 g/mol. The summed E-state index contributed by atoms with van der Waals surface area (Å²) in [5.41, 5.74) is 0. The molecule has 0 saturated carbocycles. The first-order valence-corrected chi connectivity index (χ1v) is 0.728. The highest BCUT2D eigenvalue weighted by atomic mass is 19.1. The van der Waals surface area contributed by atoms with Crippen LogP contribution in [0.5, 0.6) is 0 Å². The molecule has 0 spiro atoms. The Hall–Kier alpha value is -0.445. The van der Waals surface area contributed by atoms with Crippen molar-refractivity contribution in [2.45, 2.75) is 0 Å². The molecule has 4 heavy (non-hydrogen) atoms. The van der Waals surface area contributed by atoms with Crippen LogP contribution in [0.2, 0.25) is 0 Å². The van der Waals surface area contributed by atoms with Crippen molar-refractivity contribution in [2.24, 2.45) is 0 Å². The van der Waals surface area contributed by atoms with E-state index in [1.165, 1.54) is 5.82 Å². The van der Waals surface area contributed by atoms with Gasteiger partial charge in [0.05, 0.1) is 6.17 Å². The van der Waals surface area contributed by atoms with Crippen LogP contribution in [0, 0.1) is 12.0 Å². The molecule has 0 amide bonds. The minimum absolute atomic E-state index is 0.958. The molecule has 2 radical (unpaired) electrons. The number of rotatable bonds is 0. The normalized spacial score (nSPS) is 3.25. The molecule has 0 nitrogen and oxygen atoms in total. The Morgan fingerprint density at radius 2 is 2.00 bits per heavy atom. The molecule has 0 aliphatic heterocycles. The zero-order valence-corrected chi connectivity index (χ0v) is 1.96. The predicted molar refractivity (Wildman–Crippen MR) is 14.6 cm³/mol. The van der Waals surface area contributed by atoms with Crippen LogP contribution in [0.25, 0.3) is 0 Å². The standard InChI is InChI=1S/C2BF/c3-1-2-4. The second kappa shape index (κ2) is 2.55. The van der Waals surface area contributed by atoms with Gasteiger partial charge in [0, 0.05) is 0 Å². The van der Waals surface area contributed by atoms with Crippen molar-refractivity contribution in [2.75, 3.05) is 0 Å². The Bertz CT molecular complexity index is 42.8. The van der Waals surface area contributed by atoms with Crippen LogP contribution in [0.15, 0.2) is 0 Å². The molecule has 0 heterocycles. The average Bonchev–Trinajstić information content (AvgIpc) is 1.37. The van der Waals surface area contributed by atoms with E-state index in [0.29, 0.717) is 0 Å². The Morgan fingerprint density at radius 3 is 2.00 bits per heavy atom. The smallest absolute Gasteiger partial charge is 0.145 e. The van der Waals surface area contributed by atoms with Crippen LogP contribution in [0.3, 0.4) is 0 Å². The highest BCUT2D eigenvalue weighted by Crippen LogP contribution is 1.41. The van der Waals surface area contributed by atoms with E-state index >= 15 is 0 Å². The summed E-state index contributed by atoms with van der Waals surface area (Å²) in [6, 6.07) is 0. The molecule has 0 fully saturated rings. The maximum absolute atomic E-state index is 10.2. The lowest BCUT2D eigenvalue weighted by Gasteiger charge is -1.34. The van der Waals surface area contributed by atoms with E-state index < -0.39 is 0 Å². The summed E-state index contributed by atoms with van der Waals surface area (Å²) in [5.74, 6) is 1.51. The third-order valence-corrected chi connectivity index (χ3v) is 0.0546. The molecular weight excluding hydrogens is 53.8 g/mol. The largest absolute Gasteiger partial charge is 0.191 e. The second-order valence-corrected chi connectivity index (χ2v) is 0.239. The van der Waals surface area contributed by atoms with Gasteiger partial charge in [0.15, 0.2) is 7.85 Å². The van der Waals surface area contributed by atoms with Crippen molar-refractivity contribution in [1.29, 1.82) is 0 Å². The molecule has 0 aromatic heterocycles. The minimum atomic E-state index is 0.958. The van der Waals surface area contributed by atoms with Gasteiger partial charge in [0.1, 0.15) is 0 Å². The zero-order valence-electron chi connectivity index (χ0n) is 1.96. The lowest BCUT2D eigenvalue weighted by Crippen LogP contribution is -1.39. The predicted octanol–water partition coefficient (Wildman–Crippen LogP) is 0.0428. The van der Waals surface area contributed by atoms with Gasteiger partial charge < -0.3 is 0 Å². The minimum Gasteiger partial charge on any atom is -0.145 e. The van der Waals surface area contributed by atoms with Gasteiger partial charge in [-0.25, -0.2) is 0 Å². The van der Waals surface area contributed by atoms with Gasteiger partial charge in [0.25, 0.3) is 0 Å². The number of halogens is 1. The monoisotopic (exact) mass is 54.0 g/mol. The van der Waals surface area contributed by atoms with E-state index in [1.807, 2.05) is 0 Å². The topological polar surface area (TPSA) is 0 Å². The van der Waals surface area contributed by atoms with Crippen molar-refractivity contribution in [1.82, 2.24) is 0 Å². The Labute approximate surface area is 25.4 Å². The summed E-state index contributed by atoms with van der Waals surface area (Å²) in [5, 5.41) is 0. The molecule has 0 unspecified atom stereocenters. The first-order chi connectivity index (χ1) is 1.91. The van der Waals surface area contributed by atoms with Crippen LogP contribution in [-0.2, 0) is 0 Å². The van der Waals surface area contributed by atoms with Crippen LogP contribution in [-0.4, -0.2) is 7.85 Å². The molecule has 0 rings (SSSR count). The van der Waals surface area contributed by atoms with E-state index in [4.69, 9.17) is 0 Å². The summed E-state index contributed by atoms with van der Waals surface area (Å²) in [6.45, 7) is 0. The van der Waals surface area contributed by atoms with Gasteiger partial charge in [-0.1, -0.05) is 0 Å². The molecule has 0 atom stereocenters. The van der Waals surface area contributed by atoms with Crippen molar-refractivity contribution < 1.29 is 4.39 Å². The second-order valence-electron chi connectivity index (χ2n) is 0.239. The highest BCUT2D eigenvalue weighted by Gasteiger charge is 1.33. The van der Waals surface area contributed by atoms with Crippen molar-refractivity contribution in [3.05, 3.63) is 0 Å². The van der Waals surface area contributed by atoms with E-state index in [0.717, 1.165) is 6.17 Å². The fraction of sp³-hybridized carbons (Fsp3) is 0. The Kier molecular flexibility index (Phi) is 2.27. The van der Waals surface area contributed by atoms with E-state index in [-0.39, 0.29) is 0 Å². The van der Waals surface area contributed by atoms with Gasteiger partial charge in [0.2, 0.25) is 0 Å². The molecule has 0 aliphatic rings. The van der Waals surface area contributed by atoms with E-state index in [2.05, 4.69) is 7.85 Å². The summed E-state index contributed by atoms with van der Waals surface area (Å²) >= 11 is 0. The first-order valence-electron chi connectivity index (χ1n) is 0.728. The lowest BCUT2D eigenvalue weighted by molar-refractivity contribution is 0.775. The Morgan fingerprint density at radius 1 is 1.75 bits per heavy atom. The SMILES string of the molecule is [B]C#CF. The van der Waals surface area contributed by atoms with E-state index in [1.54, 1.807) is 0 Å². The number of hydrogen-bond donors (Lipinski definition) is 0. The summed E-state index contributed by atoms with van der Waals surface area (Å²) in [6.07, 6.45) is 0.958. The third-order valence-electron chi connectivity index (χ3n) is 0.0546. The summed E-state index contributed by atoms with van der Waals surface area (Å²) in [7, 11) is 4.29. The van der Waals surface area contributed by atoms with Gasteiger partial charge >= 0.3 is 0 Å². The third kappa shape index (κ3) is 1.55. The maximum atomic E-state index is 10.2. The van der Waals surface area contributed by atoms with Crippen LogP contribution < -0.4 is 0 Å². The van der Waals surface area contributed by atoms with Gasteiger partial charge in [-0.15, -0.1) is 10.2 Å². The molecule has 0 aromatic carbocycles. The van der Waals surface area contributed by atoms with Crippen LogP contribution in [0.4, 0.5) is 4.39 Å². The van der Waals surface area contributed by atoms with Crippen molar-refractivity contribution in [3.63, 3.8) is 0 Å². The highest BCUT2D eigenvalue weighted by molar-refractivity contribution is 6.22. The number of hydrogen-bond acceptors (Lipinski definition) is 0. The molecular formula is C2BF. The fourth-order valence-electron chi connectivity index (χ4n) is 0. The van der Waals surface area contributed by atoms with E-state index in [9.17, 15) is 4.39 Å². The van der Waals surface area contributed by atoms with Crippen molar-refractivity contribution in [3.8, 4) is 12.0 Å². The van der Waals surface area contributed by atoms with Crippen molar-refractivity contribution >= 4 is 7.85 Å². The first kappa shape index (κ1) is 3.55. The molecule has 0 aliphatic carbocycles. The lowest BCUT2D eigenvalue weighted by atomic mass is 10.2. The maximum Gasteiger partial charge on any atom is 0.191 e. The van der Waals surface area contributed by atoms with Crippen LogP contribution in [0.1, 0.15) is 0 Å². The zero-order chi connectivity index (χ0) is 3.41. The van der Waals surface area contributed by atoms with Gasteiger partial charge in [-0.05, 0) is 0 Å².